The summed E-state index contributed by atoms with van der Waals surface area (Å²) in [6, 6.07) is 17.1. The lowest BCUT2D eigenvalue weighted by atomic mass is 9.91. The fourth-order valence-electron chi connectivity index (χ4n) is 3.97. The molecule has 144 valence electrons. The number of fused-ring (bicyclic) bond motifs is 3. The minimum atomic E-state index is -0.850. The van der Waals surface area contributed by atoms with Gasteiger partial charge in [0.25, 0.3) is 5.91 Å². The van der Waals surface area contributed by atoms with Crippen molar-refractivity contribution in [2.75, 3.05) is 6.61 Å². The smallest absolute Gasteiger partial charge is 0.323 e. The van der Waals surface area contributed by atoms with Crippen molar-refractivity contribution >= 4 is 22.8 Å². The number of amides is 1. The summed E-state index contributed by atoms with van der Waals surface area (Å²) in [6.07, 6.45) is 2.21. The number of ether oxygens (including phenoxy) is 1. The number of aliphatic carboxylic acids is 1. The van der Waals surface area contributed by atoms with Crippen molar-refractivity contribution < 1.29 is 19.4 Å². The molecule has 28 heavy (non-hydrogen) atoms. The Bertz CT molecular complexity index is 1010. The number of carboxylic acid groups (broad SMARTS) is 1. The van der Waals surface area contributed by atoms with E-state index in [1.807, 2.05) is 59.2 Å². The third-order valence-corrected chi connectivity index (χ3v) is 5.15. The zero-order chi connectivity index (χ0) is 19.5. The fourth-order valence-corrected chi connectivity index (χ4v) is 3.97. The first kappa shape index (κ1) is 18.1. The van der Waals surface area contributed by atoms with Crippen molar-refractivity contribution in [2.45, 2.75) is 31.8 Å². The number of nitrogens with zero attached hydrogens (tertiary/aromatic N) is 1. The number of rotatable bonds is 6. The summed E-state index contributed by atoms with van der Waals surface area (Å²) in [5, 5.41) is 13.4. The monoisotopic (exact) mass is 378 g/mol. The molecule has 0 radical (unpaired) electrons. The molecule has 3 aromatic rings. The average Bonchev–Trinajstić information content (AvgIpc) is 3.00. The average molecular weight is 378 g/mol. The minimum absolute atomic E-state index is 0.0171. The highest BCUT2D eigenvalue weighted by Crippen LogP contribution is 2.32. The highest BCUT2D eigenvalue weighted by molar-refractivity contribution is 5.87. The van der Waals surface area contributed by atoms with E-state index < -0.39 is 5.97 Å². The standard InChI is InChI=1S/C22H22N2O4/c25-21(14-28-16-6-2-1-3-7-16)23-15-10-11-20-18(12-15)17-8-4-5-9-19(17)24(20)13-22(26)27/h1-9,15H,10-14H2,(H,23,25)(H,26,27)/t15-/m1/s1. The molecule has 1 amide bonds. The van der Waals surface area contributed by atoms with Gasteiger partial charge in [-0.15, -0.1) is 0 Å². The Labute approximate surface area is 162 Å². The van der Waals surface area contributed by atoms with Crippen molar-refractivity contribution in [3.63, 3.8) is 0 Å². The van der Waals surface area contributed by atoms with Crippen molar-refractivity contribution in [1.82, 2.24) is 9.88 Å². The van der Waals surface area contributed by atoms with Gasteiger partial charge < -0.3 is 19.7 Å². The zero-order valence-corrected chi connectivity index (χ0v) is 15.4. The Kier molecular flexibility index (Phi) is 5.02. The summed E-state index contributed by atoms with van der Waals surface area (Å²) in [4.78, 5) is 23.6. The molecule has 2 aromatic carbocycles. The molecule has 0 unspecified atom stereocenters. The molecule has 1 heterocycles. The molecule has 0 saturated heterocycles. The van der Waals surface area contributed by atoms with Gasteiger partial charge in [-0.2, -0.15) is 0 Å². The molecule has 0 spiro atoms. The van der Waals surface area contributed by atoms with Gasteiger partial charge in [0, 0.05) is 22.6 Å². The summed E-state index contributed by atoms with van der Waals surface area (Å²) in [6.45, 7) is -0.0636. The van der Waals surface area contributed by atoms with E-state index in [1.165, 1.54) is 0 Å². The third-order valence-electron chi connectivity index (χ3n) is 5.15. The van der Waals surface area contributed by atoms with Crippen LogP contribution in [-0.2, 0) is 29.0 Å². The quantitative estimate of drug-likeness (QED) is 0.691. The van der Waals surface area contributed by atoms with Crippen LogP contribution < -0.4 is 10.1 Å². The number of hydrogen-bond acceptors (Lipinski definition) is 3. The predicted octanol–water partition coefficient (Wildman–Crippen LogP) is 2.78. The van der Waals surface area contributed by atoms with Crippen LogP contribution in [0.4, 0.5) is 0 Å². The number of carboxylic acids is 1. The molecular weight excluding hydrogens is 356 g/mol. The van der Waals surface area contributed by atoms with Crippen LogP contribution in [0.15, 0.2) is 54.6 Å². The van der Waals surface area contributed by atoms with Crippen LogP contribution in [0.2, 0.25) is 0 Å². The van der Waals surface area contributed by atoms with Gasteiger partial charge in [-0.3, -0.25) is 9.59 Å². The molecule has 1 aliphatic rings. The van der Waals surface area contributed by atoms with Crippen LogP contribution >= 0.6 is 0 Å². The number of nitrogens with one attached hydrogen (secondary N) is 1. The Morgan fingerprint density at radius 1 is 1.11 bits per heavy atom. The molecule has 1 aliphatic carbocycles. The molecule has 0 saturated carbocycles. The number of para-hydroxylation sites is 2. The Morgan fingerprint density at radius 3 is 2.64 bits per heavy atom. The Morgan fingerprint density at radius 2 is 1.86 bits per heavy atom. The third kappa shape index (κ3) is 3.71. The van der Waals surface area contributed by atoms with E-state index in [9.17, 15) is 14.7 Å². The van der Waals surface area contributed by atoms with E-state index in [4.69, 9.17) is 4.74 Å². The maximum atomic E-state index is 12.3. The topological polar surface area (TPSA) is 80.6 Å². The van der Waals surface area contributed by atoms with E-state index in [2.05, 4.69) is 5.32 Å². The van der Waals surface area contributed by atoms with Crippen LogP contribution in [0.1, 0.15) is 17.7 Å². The van der Waals surface area contributed by atoms with Crippen molar-refractivity contribution in [2.24, 2.45) is 0 Å². The summed E-state index contributed by atoms with van der Waals surface area (Å²) in [7, 11) is 0. The molecule has 4 rings (SSSR count). The van der Waals surface area contributed by atoms with Gasteiger partial charge in [-0.25, -0.2) is 0 Å². The van der Waals surface area contributed by atoms with Crippen LogP contribution in [-0.4, -0.2) is 34.2 Å². The second-order valence-corrected chi connectivity index (χ2v) is 7.03. The SMILES string of the molecule is O=C(O)Cn1c2c(c3ccccc31)C[C@H](NC(=O)COc1ccccc1)CC2. The minimum Gasteiger partial charge on any atom is -0.484 e. The van der Waals surface area contributed by atoms with E-state index in [1.54, 1.807) is 0 Å². The highest BCUT2D eigenvalue weighted by atomic mass is 16.5. The molecule has 6 nitrogen and oxygen atoms in total. The second kappa shape index (κ2) is 7.76. The molecule has 1 atom stereocenters. The predicted molar refractivity (Wildman–Crippen MR) is 105 cm³/mol. The first-order chi connectivity index (χ1) is 13.6. The zero-order valence-electron chi connectivity index (χ0n) is 15.4. The number of carbonyl (C=O) groups excluding carboxylic acids is 1. The van der Waals surface area contributed by atoms with Gasteiger partial charge in [0.1, 0.15) is 12.3 Å². The van der Waals surface area contributed by atoms with Gasteiger partial charge in [0.05, 0.1) is 0 Å². The normalized spacial score (nSPS) is 15.8. The summed E-state index contributed by atoms with van der Waals surface area (Å²) >= 11 is 0. The summed E-state index contributed by atoms with van der Waals surface area (Å²) in [5.74, 6) is -0.330. The lowest BCUT2D eigenvalue weighted by Gasteiger charge is -2.25. The Hall–Kier alpha value is -3.28. The summed E-state index contributed by atoms with van der Waals surface area (Å²) in [5.41, 5.74) is 3.14. The van der Waals surface area contributed by atoms with E-state index in [0.717, 1.165) is 35.0 Å². The molecule has 0 aliphatic heterocycles. The number of benzene rings is 2. The van der Waals surface area contributed by atoms with Crippen molar-refractivity contribution in [1.29, 1.82) is 0 Å². The Balaban J connectivity index is 1.47. The van der Waals surface area contributed by atoms with Gasteiger partial charge in [0.15, 0.2) is 6.61 Å². The second-order valence-electron chi connectivity index (χ2n) is 7.03. The maximum Gasteiger partial charge on any atom is 0.323 e. The molecule has 0 bridgehead atoms. The first-order valence-electron chi connectivity index (χ1n) is 9.40. The molecule has 1 aromatic heterocycles. The molecular formula is C22H22N2O4. The van der Waals surface area contributed by atoms with Crippen LogP contribution in [0.25, 0.3) is 10.9 Å². The summed E-state index contributed by atoms with van der Waals surface area (Å²) < 4.78 is 7.41. The fraction of sp³-hybridized carbons (Fsp3) is 0.273. The highest BCUT2D eigenvalue weighted by Gasteiger charge is 2.26. The molecule has 0 fully saturated rings. The number of hydrogen-bond donors (Lipinski definition) is 2. The van der Waals surface area contributed by atoms with Crippen LogP contribution in [0.5, 0.6) is 5.75 Å². The van der Waals surface area contributed by atoms with E-state index >= 15 is 0 Å². The van der Waals surface area contributed by atoms with E-state index in [0.29, 0.717) is 12.2 Å². The van der Waals surface area contributed by atoms with Crippen LogP contribution in [0, 0.1) is 0 Å². The lowest BCUT2D eigenvalue weighted by Crippen LogP contribution is -2.41. The maximum absolute atomic E-state index is 12.3. The number of aromatic nitrogens is 1. The van der Waals surface area contributed by atoms with Gasteiger partial charge in [-0.1, -0.05) is 36.4 Å². The van der Waals surface area contributed by atoms with Crippen LogP contribution in [0.3, 0.4) is 0 Å². The van der Waals surface area contributed by atoms with E-state index in [-0.39, 0.29) is 25.1 Å². The van der Waals surface area contributed by atoms with Gasteiger partial charge in [-0.05, 0) is 43.0 Å². The number of carbonyl (C=O) groups is 2. The van der Waals surface area contributed by atoms with Crippen molar-refractivity contribution in [3.05, 3.63) is 65.9 Å². The van der Waals surface area contributed by atoms with Gasteiger partial charge >= 0.3 is 5.97 Å². The molecule has 2 N–H and O–H groups in total. The van der Waals surface area contributed by atoms with Crippen molar-refractivity contribution in [3.8, 4) is 5.75 Å². The largest absolute Gasteiger partial charge is 0.484 e. The van der Waals surface area contributed by atoms with Gasteiger partial charge in [0.2, 0.25) is 0 Å². The first-order valence-corrected chi connectivity index (χ1v) is 9.40. The molecule has 6 heteroatoms. The lowest BCUT2D eigenvalue weighted by molar-refractivity contribution is -0.137.